The first-order chi connectivity index (χ1) is 10.1. The van der Waals surface area contributed by atoms with Crippen LogP contribution in [0.3, 0.4) is 0 Å². The number of aromatic nitrogens is 2. The molecule has 1 aromatic rings. The minimum absolute atomic E-state index is 0.168. The van der Waals surface area contributed by atoms with Crippen LogP contribution < -0.4 is 10.6 Å². The van der Waals surface area contributed by atoms with Gasteiger partial charge < -0.3 is 15.4 Å². The number of hydrogen-bond donors (Lipinski definition) is 3. The molecule has 1 rings (SSSR count). The van der Waals surface area contributed by atoms with Crippen molar-refractivity contribution >= 4 is 6.09 Å². The van der Waals surface area contributed by atoms with Gasteiger partial charge >= 0.3 is 6.09 Å². The molecule has 6 heteroatoms. The fourth-order valence-corrected chi connectivity index (χ4v) is 2.12. The molecule has 22 heavy (non-hydrogen) atoms. The van der Waals surface area contributed by atoms with Gasteiger partial charge in [-0.15, -0.1) is 0 Å². The lowest BCUT2D eigenvalue weighted by molar-refractivity contribution is 0.0519. The summed E-state index contributed by atoms with van der Waals surface area (Å²) in [5.74, 6) is 0.391. The van der Waals surface area contributed by atoms with E-state index in [9.17, 15) is 4.79 Å². The van der Waals surface area contributed by atoms with Crippen LogP contribution in [0.5, 0.6) is 0 Å². The molecule has 1 aromatic heterocycles. The predicted octanol–water partition coefficient (Wildman–Crippen LogP) is 2.67. The summed E-state index contributed by atoms with van der Waals surface area (Å²) in [6.07, 6.45) is -0.379. The molecular weight excluding hydrogens is 280 g/mol. The fraction of sp³-hybridized carbons (Fsp3) is 0.750. The van der Waals surface area contributed by atoms with Gasteiger partial charge in [0.1, 0.15) is 5.60 Å². The number of rotatable bonds is 6. The number of H-pyrrole nitrogens is 1. The molecule has 0 fully saturated rings. The minimum Gasteiger partial charge on any atom is -0.444 e. The fourth-order valence-electron chi connectivity index (χ4n) is 2.12. The lowest BCUT2D eigenvalue weighted by Gasteiger charge is -2.25. The Morgan fingerprint density at radius 1 is 1.32 bits per heavy atom. The van der Waals surface area contributed by atoms with Crippen LogP contribution in [0.4, 0.5) is 4.79 Å². The molecule has 0 bridgehead atoms. The summed E-state index contributed by atoms with van der Waals surface area (Å²) in [7, 11) is 0. The van der Waals surface area contributed by atoms with Crippen molar-refractivity contribution in [2.24, 2.45) is 5.92 Å². The molecule has 0 spiro atoms. The molecule has 0 saturated carbocycles. The number of carbonyl (C=O) groups is 1. The van der Waals surface area contributed by atoms with Crippen molar-refractivity contribution in [2.75, 3.05) is 6.54 Å². The van der Waals surface area contributed by atoms with Gasteiger partial charge in [-0.2, -0.15) is 5.10 Å². The summed E-state index contributed by atoms with van der Waals surface area (Å²) < 4.78 is 5.26. The normalized spacial score (nSPS) is 13.3. The summed E-state index contributed by atoms with van der Waals surface area (Å²) in [6.45, 7) is 15.1. The standard InChI is InChI=1S/C16H30N4O2/c1-10(2)14(9-18-15(21)22-16(5,6)7)17-8-13-11(3)19-20-12(13)4/h10,14,17H,8-9H2,1-7H3,(H,18,21)(H,19,20). The van der Waals surface area contributed by atoms with Crippen LogP contribution in [0.25, 0.3) is 0 Å². The lowest BCUT2D eigenvalue weighted by Crippen LogP contribution is -2.45. The quantitative estimate of drug-likeness (QED) is 0.755. The maximum absolute atomic E-state index is 11.8. The van der Waals surface area contributed by atoms with E-state index in [1.807, 2.05) is 34.6 Å². The zero-order valence-corrected chi connectivity index (χ0v) is 14.8. The van der Waals surface area contributed by atoms with E-state index in [-0.39, 0.29) is 12.1 Å². The maximum atomic E-state index is 11.8. The number of aromatic amines is 1. The van der Waals surface area contributed by atoms with Crippen LogP contribution >= 0.6 is 0 Å². The predicted molar refractivity (Wildman–Crippen MR) is 87.8 cm³/mol. The van der Waals surface area contributed by atoms with Crippen molar-refractivity contribution in [3.05, 3.63) is 17.0 Å². The lowest BCUT2D eigenvalue weighted by atomic mass is 10.0. The summed E-state index contributed by atoms with van der Waals surface area (Å²) in [5, 5.41) is 13.5. The smallest absolute Gasteiger partial charge is 0.407 e. The van der Waals surface area contributed by atoms with Crippen LogP contribution in [0.1, 0.15) is 51.6 Å². The number of carbonyl (C=O) groups excluding carboxylic acids is 1. The molecule has 1 amide bonds. The van der Waals surface area contributed by atoms with Crippen LogP contribution in [-0.4, -0.2) is 34.5 Å². The average molecular weight is 310 g/mol. The number of nitrogens with zero attached hydrogens (tertiary/aromatic N) is 1. The Kier molecular flexibility index (Phi) is 6.41. The van der Waals surface area contributed by atoms with Crippen molar-refractivity contribution in [1.82, 2.24) is 20.8 Å². The molecule has 1 unspecified atom stereocenters. The zero-order chi connectivity index (χ0) is 16.9. The van der Waals surface area contributed by atoms with Gasteiger partial charge in [0.25, 0.3) is 0 Å². The van der Waals surface area contributed by atoms with E-state index in [1.165, 1.54) is 5.56 Å². The second kappa shape index (κ2) is 7.63. The van der Waals surface area contributed by atoms with E-state index < -0.39 is 5.60 Å². The summed E-state index contributed by atoms with van der Waals surface area (Å²) in [6, 6.07) is 0.168. The van der Waals surface area contributed by atoms with Crippen LogP contribution in [0.2, 0.25) is 0 Å². The van der Waals surface area contributed by atoms with E-state index in [0.29, 0.717) is 12.5 Å². The number of nitrogens with one attached hydrogen (secondary N) is 3. The Morgan fingerprint density at radius 3 is 2.41 bits per heavy atom. The second-order valence-corrected chi connectivity index (χ2v) is 7.03. The van der Waals surface area contributed by atoms with Gasteiger partial charge in [-0.1, -0.05) is 13.8 Å². The first-order valence-electron chi connectivity index (χ1n) is 7.81. The molecule has 0 saturated heterocycles. The van der Waals surface area contributed by atoms with Crippen molar-refractivity contribution < 1.29 is 9.53 Å². The highest BCUT2D eigenvalue weighted by atomic mass is 16.6. The maximum Gasteiger partial charge on any atom is 0.407 e. The van der Waals surface area contributed by atoms with Gasteiger partial charge in [0.05, 0.1) is 5.69 Å². The van der Waals surface area contributed by atoms with Crippen molar-refractivity contribution in [3.8, 4) is 0 Å². The first kappa shape index (κ1) is 18.5. The Balaban J connectivity index is 2.51. The molecule has 0 aromatic carbocycles. The minimum atomic E-state index is -0.476. The Labute approximate surface area is 133 Å². The van der Waals surface area contributed by atoms with Crippen LogP contribution in [0, 0.1) is 19.8 Å². The first-order valence-corrected chi connectivity index (χ1v) is 7.81. The van der Waals surface area contributed by atoms with E-state index in [1.54, 1.807) is 0 Å². The molecule has 0 aliphatic heterocycles. The number of alkyl carbamates (subject to hydrolysis) is 1. The molecule has 0 aliphatic carbocycles. The number of amides is 1. The Morgan fingerprint density at radius 2 is 1.95 bits per heavy atom. The SMILES string of the molecule is Cc1n[nH]c(C)c1CNC(CNC(=O)OC(C)(C)C)C(C)C. The number of hydrogen-bond acceptors (Lipinski definition) is 4. The second-order valence-electron chi connectivity index (χ2n) is 7.03. The molecule has 6 nitrogen and oxygen atoms in total. The largest absolute Gasteiger partial charge is 0.444 e. The molecule has 126 valence electrons. The zero-order valence-electron chi connectivity index (χ0n) is 14.8. The van der Waals surface area contributed by atoms with Crippen molar-refractivity contribution in [3.63, 3.8) is 0 Å². The monoisotopic (exact) mass is 310 g/mol. The molecule has 3 N–H and O–H groups in total. The highest BCUT2D eigenvalue weighted by Gasteiger charge is 2.19. The van der Waals surface area contributed by atoms with Gasteiger partial charge in [-0.25, -0.2) is 4.79 Å². The van der Waals surface area contributed by atoms with Gasteiger partial charge in [-0.3, -0.25) is 5.10 Å². The van der Waals surface area contributed by atoms with Crippen LogP contribution in [0.15, 0.2) is 0 Å². The molecule has 0 radical (unpaired) electrons. The number of ether oxygens (including phenoxy) is 1. The van der Waals surface area contributed by atoms with E-state index in [0.717, 1.165) is 17.9 Å². The number of aryl methyl sites for hydroxylation is 2. The van der Waals surface area contributed by atoms with Crippen LogP contribution in [-0.2, 0) is 11.3 Å². The topological polar surface area (TPSA) is 79.0 Å². The summed E-state index contributed by atoms with van der Waals surface area (Å²) >= 11 is 0. The third-order valence-electron chi connectivity index (χ3n) is 3.49. The van der Waals surface area contributed by atoms with Crippen molar-refractivity contribution in [2.45, 2.75) is 66.7 Å². The highest BCUT2D eigenvalue weighted by molar-refractivity contribution is 5.67. The highest BCUT2D eigenvalue weighted by Crippen LogP contribution is 2.11. The van der Waals surface area contributed by atoms with E-state index >= 15 is 0 Å². The van der Waals surface area contributed by atoms with E-state index in [4.69, 9.17) is 4.74 Å². The average Bonchev–Trinajstić information content (AvgIpc) is 2.67. The molecular formula is C16H30N4O2. The molecule has 1 atom stereocenters. The van der Waals surface area contributed by atoms with Gasteiger partial charge in [-0.05, 0) is 40.5 Å². The Hall–Kier alpha value is -1.56. The molecule has 0 aliphatic rings. The third-order valence-corrected chi connectivity index (χ3v) is 3.49. The van der Waals surface area contributed by atoms with Crippen molar-refractivity contribution in [1.29, 1.82) is 0 Å². The Bertz CT molecular complexity index is 469. The summed E-state index contributed by atoms with van der Waals surface area (Å²) in [5.41, 5.74) is 2.79. The van der Waals surface area contributed by atoms with Gasteiger partial charge in [0, 0.05) is 30.4 Å². The molecule has 1 heterocycles. The van der Waals surface area contributed by atoms with Gasteiger partial charge in [0.2, 0.25) is 0 Å². The van der Waals surface area contributed by atoms with E-state index in [2.05, 4.69) is 34.7 Å². The third kappa shape index (κ3) is 6.05. The summed E-state index contributed by atoms with van der Waals surface area (Å²) in [4.78, 5) is 11.8. The van der Waals surface area contributed by atoms with Gasteiger partial charge in [0.15, 0.2) is 0 Å².